The van der Waals surface area contributed by atoms with Gasteiger partial charge in [-0.15, -0.1) is 0 Å². The number of aryl methyl sites for hydroxylation is 2. The van der Waals surface area contributed by atoms with Gasteiger partial charge in [-0.25, -0.2) is 0 Å². The Morgan fingerprint density at radius 2 is 1.22 bits per heavy atom. The van der Waals surface area contributed by atoms with Gasteiger partial charge in [0.1, 0.15) is 7.14 Å². The Morgan fingerprint density at radius 3 is 1.56 bits per heavy atom. The van der Waals surface area contributed by atoms with Crippen molar-refractivity contribution in [3.63, 3.8) is 0 Å². The first-order chi connectivity index (χ1) is 8.59. The highest BCUT2D eigenvalue weighted by Crippen LogP contribution is 2.44. The van der Waals surface area contributed by atoms with Crippen LogP contribution in [0.15, 0.2) is 48.5 Å². The van der Waals surface area contributed by atoms with Gasteiger partial charge in [-0.2, -0.15) is 0 Å². The summed E-state index contributed by atoms with van der Waals surface area (Å²) in [6.07, 6.45) is 0.669. The fourth-order valence-corrected chi connectivity index (χ4v) is 5.29. The quantitative estimate of drug-likeness (QED) is 0.768. The first kappa shape index (κ1) is 13.1. The molecule has 0 aliphatic heterocycles. The maximum absolute atomic E-state index is 13.4. The van der Waals surface area contributed by atoms with E-state index in [1.54, 1.807) is 0 Å². The molecule has 0 saturated carbocycles. The molecule has 0 fully saturated rings. The SMILES string of the molecule is CCP(=O)(c1ccccc1C)c1ccccc1C. The molecule has 0 N–H and O–H groups in total. The zero-order valence-corrected chi connectivity index (χ0v) is 12.1. The van der Waals surface area contributed by atoms with E-state index in [4.69, 9.17) is 0 Å². The molecule has 2 rings (SSSR count). The maximum atomic E-state index is 13.4. The van der Waals surface area contributed by atoms with Crippen LogP contribution in [0.5, 0.6) is 0 Å². The Hall–Kier alpha value is -1.33. The van der Waals surface area contributed by atoms with Crippen molar-refractivity contribution in [1.82, 2.24) is 0 Å². The lowest BCUT2D eigenvalue weighted by Crippen LogP contribution is -2.21. The summed E-state index contributed by atoms with van der Waals surface area (Å²) in [6, 6.07) is 16.0. The number of hydrogen-bond donors (Lipinski definition) is 0. The van der Waals surface area contributed by atoms with Crippen molar-refractivity contribution in [1.29, 1.82) is 0 Å². The molecule has 2 heteroatoms. The number of rotatable bonds is 3. The summed E-state index contributed by atoms with van der Waals surface area (Å²) in [4.78, 5) is 0. The van der Waals surface area contributed by atoms with E-state index in [2.05, 4.69) is 0 Å². The zero-order valence-electron chi connectivity index (χ0n) is 11.2. The van der Waals surface area contributed by atoms with Gasteiger partial charge in [-0.1, -0.05) is 55.5 Å². The molecule has 2 aromatic carbocycles. The van der Waals surface area contributed by atoms with Gasteiger partial charge in [0.25, 0.3) is 0 Å². The largest absolute Gasteiger partial charge is 0.314 e. The van der Waals surface area contributed by atoms with E-state index >= 15 is 0 Å². The minimum Gasteiger partial charge on any atom is -0.314 e. The topological polar surface area (TPSA) is 17.1 Å². The van der Waals surface area contributed by atoms with Crippen molar-refractivity contribution in [2.75, 3.05) is 6.16 Å². The molecule has 0 saturated heterocycles. The highest BCUT2D eigenvalue weighted by Gasteiger charge is 2.27. The third-order valence-electron chi connectivity index (χ3n) is 3.45. The van der Waals surface area contributed by atoms with E-state index in [0.717, 1.165) is 21.7 Å². The van der Waals surface area contributed by atoms with E-state index in [1.165, 1.54) is 0 Å². The summed E-state index contributed by atoms with van der Waals surface area (Å²) in [6.45, 7) is 6.09. The van der Waals surface area contributed by atoms with E-state index < -0.39 is 7.14 Å². The van der Waals surface area contributed by atoms with Crippen LogP contribution in [0.1, 0.15) is 18.1 Å². The Balaban J connectivity index is 2.68. The molecule has 94 valence electrons. The van der Waals surface area contributed by atoms with Gasteiger partial charge in [-0.05, 0) is 25.0 Å². The second kappa shape index (κ2) is 5.12. The molecule has 0 amide bonds. The zero-order chi connectivity index (χ0) is 13.2. The molecule has 0 atom stereocenters. The Morgan fingerprint density at radius 1 is 0.833 bits per heavy atom. The molecular weight excluding hydrogens is 239 g/mol. The van der Waals surface area contributed by atoms with Crippen molar-refractivity contribution >= 4 is 17.8 Å². The lowest BCUT2D eigenvalue weighted by Gasteiger charge is -2.21. The molecule has 0 heterocycles. The fraction of sp³-hybridized carbons (Fsp3) is 0.250. The van der Waals surface area contributed by atoms with Crippen molar-refractivity contribution in [3.8, 4) is 0 Å². The van der Waals surface area contributed by atoms with Gasteiger partial charge in [0, 0.05) is 16.8 Å². The molecule has 0 radical (unpaired) electrons. The van der Waals surface area contributed by atoms with Gasteiger partial charge in [-0.3, -0.25) is 0 Å². The smallest absolute Gasteiger partial charge is 0.143 e. The average molecular weight is 258 g/mol. The Bertz CT molecular complexity index is 552. The van der Waals surface area contributed by atoms with Crippen molar-refractivity contribution in [2.24, 2.45) is 0 Å². The van der Waals surface area contributed by atoms with Gasteiger partial charge in [0.05, 0.1) is 0 Å². The Kier molecular flexibility index (Phi) is 3.73. The average Bonchev–Trinajstić information content (AvgIpc) is 2.39. The van der Waals surface area contributed by atoms with E-state index in [1.807, 2.05) is 69.3 Å². The van der Waals surface area contributed by atoms with Crippen LogP contribution in [0.2, 0.25) is 0 Å². The third kappa shape index (κ3) is 2.15. The summed E-state index contributed by atoms with van der Waals surface area (Å²) < 4.78 is 13.4. The molecule has 0 bridgehead atoms. The summed E-state index contributed by atoms with van der Waals surface area (Å²) in [5.41, 5.74) is 2.23. The molecule has 0 aromatic heterocycles. The first-order valence-corrected chi connectivity index (χ1v) is 8.20. The molecule has 0 aliphatic carbocycles. The van der Waals surface area contributed by atoms with Crippen molar-refractivity contribution in [2.45, 2.75) is 20.8 Å². The van der Waals surface area contributed by atoms with Crippen LogP contribution >= 0.6 is 7.14 Å². The highest BCUT2D eigenvalue weighted by molar-refractivity contribution is 7.78. The highest BCUT2D eigenvalue weighted by atomic mass is 31.2. The van der Waals surface area contributed by atoms with Crippen LogP contribution in [-0.2, 0) is 4.57 Å². The van der Waals surface area contributed by atoms with Crippen molar-refractivity contribution in [3.05, 3.63) is 59.7 Å². The van der Waals surface area contributed by atoms with E-state index in [9.17, 15) is 4.57 Å². The molecule has 1 nitrogen and oxygen atoms in total. The lowest BCUT2D eigenvalue weighted by molar-refractivity contribution is 0.587. The number of benzene rings is 2. The van der Waals surface area contributed by atoms with Crippen molar-refractivity contribution < 1.29 is 4.57 Å². The first-order valence-electron chi connectivity index (χ1n) is 6.31. The summed E-state index contributed by atoms with van der Waals surface area (Å²) in [5.74, 6) is 0. The van der Waals surface area contributed by atoms with Crippen LogP contribution in [0.3, 0.4) is 0 Å². The summed E-state index contributed by atoms with van der Waals surface area (Å²) >= 11 is 0. The van der Waals surface area contributed by atoms with Crippen LogP contribution in [0.4, 0.5) is 0 Å². The lowest BCUT2D eigenvalue weighted by atomic mass is 10.2. The molecule has 0 unspecified atom stereocenters. The molecular formula is C16H19OP. The summed E-state index contributed by atoms with van der Waals surface area (Å²) in [5, 5.41) is 2.00. The minimum atomic E-state index is -2.48. The maximum Gasteiger partial charge on any atom is 0.143 e. The fourth-order valence-electron chi connectivity index (χ4n) is 2.41. The van der Waals surface area contributed by atoms with Crippen LogP contribution in [0.25, 0.3) is 0 Å². The van der Waals surface area contributed by atoms with Crippen LogP contribution in [0, 0.1) is 13.8 Å². The molecule has 0 spiro atoms. The van der Waals surface area contributed by atoms with Gasteiger partial charge in [0.15, 0.2) is 0 Å². The van der Waals surface area contributed by atoms with Crippen LogP contribution < -0.4 is 10.6 Å². The van der Waals surface area contributed by atoms with Gasteiger partial charge < -0.3 is 4.57 Å². The molecule has 0 aliphatic rings. The second-order valence-corrected chi connectivity index (χ2v) is 7.70. The number of hydrogen-bond acceptors (Lipinski definition) is 1. The Labute approximate surface area is 109 Å². The van der Waals surface area contributed by atoms with Crippen LogP contribution in [-0.4, -0.2) is 6.16 Å². The molecule has 2 aromatic rings. The van der Waals surface area contributed by atoms with E-state index in [-0.39, 0.29) is 0 Å². The van der Waals surface area contributed by atoms with E-state index in [0.29, 0.717) is 6.16 Å². The third-order valence-corrected chi connectivity index (χ3v) is 6.91. The van der Waals surface area contributed by atoms with Gasteiger partial charge in [0.2, 0.25) is 0 Å². The predicted octanol–water partition coefficient (Wildman–Crippen LogP) is 3.64. The second-order valence-electron chi connectivity index (χ2n) is 4.63. The summed E-state index contributed by atoms with van der Waals surface area (Å²) in [7, 11) is -2.48. The normalized spacial score (nSPS) is 11.5. The van der Waals surface area contributed by atoms with Gasteiger partial charge >= 0.3 is 0 Å². The molecule has 18 heavy (non-hydrogen) atoms. The minimum absolute atomic E-state index is 0.669. The standard InChI is InChI=1S/C16H19OP/c1-4-18(17,15-11-7-5-9-13(15)2)16-12-8-6-10-14(16)3/h5-12H,4H2,1-3H3. The monoisotopic (exact) mass is 258 g/mol. The predicted molar refractivity (Wildman–Crippen MR) is 79.8 cm³/mol.